The molecule has 7 nitrogen and oxygen atoms in total. The van der Waals surface area contributed by atoms with Crippen molar-refractivity contribution < 1.29 is 24.2 Å². The van der Waals surface area contributed by atoms with E-state index >= 15 is 0 Å². The average Bonchev–Trinajstić information content (AvgIpc) is 2.94. The lowest BCUT2D eigenvalue weighted by molar-refractivity contribution is -0.155. The van der Waals surface area contributed by atoms with E-state index in [2.05, 4.69) is 12.2 Å². The molecule has 2 N–H and O–H groups in total. The number of fused-ring (bicyclic) bond motifs is 1. The van der Waals surface area contributed by atoms with Gasteiger partial charge in [0.05, 0.1) is 18.4 Å². The number of ether oxygens (including phenoxy) is 1. The van der Waals surface area contributed by atoms with Crippen molar-refractivity contribution in [1.82, 2.24) is 10.2 Å². The molecule has 2 rings (SSSR count). The third-order valence-corrected chi connectivity index (χ3v) is 5.80. The van der Waals surface area contributed by atoms with Gasteiger partial charge in [-0.05, 0) is 46.0 Å². The zero-order valence-corrected chi connectivity index (χ0v) is 18.1. The number of unbranched alkanes of at least 4 members (excludes halogenated alkanes) is 1. The first-order chi connectivity index (χ1) is 13.9. The van der Waals surface area contributed by atoms with Crippen LogP contribution in [0.15, 0.2) is 12.2 Å². The van der Waals surface area contributed by atoms with Crippen LogP contribution in [0.2, 0.25) is 0 Å². The summed E-state index contributed by atoms with van der Waals surface area (Å²) >= 11 is 0. The highest BCUT2D eigenvalue weighted by Gasteiger charge is 2.57. The van der Waals surface area contributed by atoms with Gasteiger partial charge < -0.3 is 20.1 Å². The summed E-state index contributed by atoms with van der Waals surface area (Å²) in [4.78, 5) is 40.9. The minimum atomic E-state index is -0.635. The number of hydrogen-bond donors (Lipinski definition) is 2. The van der Waals surface area contributed by atoms with Gasteiger partial charge in [0.25, 0.3) is 0 Å². The summed E-state index contributed by atoms with van der Waals surface area (Å²) in [7, 11) is 0. The van der Waals surface area contributed by atoms with Gasteiger partial charge in [-0.25, -0.2) is 0 Å². The number of amides is 2. The number of esters is 1. The van der Waals surface area contributed by atoms with Gasteiger partial charge in [-0.3, -0.25) is 14.4 Å². The van der Waals surface area contributed by atoms with E-state index in [-0.39, 0.29) is 48.9 Å². The van der Waals surface area contributed by atoms with Crippen LogP contribution in [-0.2, 0) is 19.1 Å². The second kappa shape index (κ2) is 10.8. The van der Waals surface area contributed by atoms with Crippen LogP contribution in [0.25, 0.3) is 0 Å². The molecule has 2 aliphatic rings. The van der Waals surface area contributed by atoms with Crippen LogP contribution >= 0.6 is 0 Å². The van der Waals surface area contributed by atoms with Gasteiger partial charge in [-0.15, -0.1) is 0 Å². The van der Waals surface area contributed by atoms with Gasteiger partial charge in [-0.1, -0.05) is 25.5 Å². The molecule has 0 bridgehead atoms. The van der Waals surface area contributed by atoms with Crippen LogP contribution in [0, 0.1) is 23.7 Å². The monoisotopic (exact) mass is 408 g/mol. The van der Waals surface area contributed by atoms with E-state index in [1.165, 1.54) is 0 Å². The van der Waals surface area contributed by atoms with Crippen LogP contribution in [0.4, 0.5) is 0 Å². The topological polar surface area (TPSA) is 95.9 Å². The van der Waals surface area contributed by atoms with Crippen molar-refractivity contribution in [1.29, 1.82) is 0 Å². The van der Waals surface area contributed by atoms with Crippen LogP contribution in [0.5, 0.6) is 0 Å². The van der Waals surface area contributed by atoms with Gasteiger partial charge >= 0.3 is 5.97 Å². The van der Waals surface area contributed by atoms with E-state index in [9.17, 15) is 14.4 Å². The van der Waals surface area contributed by atoms with Gasteiger partial charge in [0.1, 0.15) is 6.04 Å². The first kappa shape index (κ1) is 23.4. The predicted molar refractivity (Wildman–Crippen MR) is 110 cm³/mol. The Morgan fingerprint density at radius 2 is 1.97 bits per heavy atom. The summed E-state index contributed by atoms with van der Waals surface area (Å²) in [6, 6.07) is -0.679. The fourth-order valence-corrected chi connectivity index (χ4v) is 4.67. The first-order valence-corrected chi connectivity index (χ1v) is 10.9. The maximum Gasteiger partial charge on any atom is 0.310 e. The third kappa shape index (κ3) is 5.18. The summed E-state index contributed by atoms with van der Waals surface area (Å²) in [5.74, 6) is -2.24. The molecule has 0 radical (unpaired) electrons. The highest BCUT2D eigenvalue weighted by atomic mass is 16.5. The number of carbonyl (C=O) groups excluding carboxylic acids is 3. The van der Waals surface area contributed by atoms with Crippen molar-refractivity contribution in [2.45, 2.75) is 65.5 Å². The van der Waals surface area contributed by atoms with Gasteiger partial charge in [0, 0.05) is 25.1 Å². The SMILES string of the molecule is CCC[C@@H]1C=C[C@H]2[C@H](C(=O)N(CCCCO)[C@@H]2C(=O)NC(C)C)[C@@H]1C(=O)OCC. The van der Waals surface area contributed by atoms with Crippen molar-refractivity contribution >= 4 is 17.8 Å². The summed E-state index contributed by atoms with van der Waals surface area (Å²) in [6.45, 7) is 8.29. The molecule has 164 valence electrons. The number of aliphatic hydroxyl groups excluding tert-OH is 1. The molecule has 7 heteroatoms. The molecular weight excluding hydrogens is 372 g/mol. The number of rotatable bonds is 10. The van der Waals surface area contributed by atoms with E-state index in [0.29, 0.717) is 19.4 Å². The Morgan fingerprint density at radius 1 is 1.24 bits per heavy atom. The Balaban J connectivity index is 2.40. The Hall–Kier alpha value is -1.89. The van der Waals surface area contributed by atoms with Crippen molar-refractivity contribution in [2.75, 3.05) is 19.8 Å². The van der Waals surface area contributed by atoms with E-state index in [1.54, 1.807) is 11.8 Å². The van der Waals surface area contributed by atoms with Gasteiger partial charge in [0.15, 0.2) is 0 Å². The lowest BCUT2D eigenvalue weighted by atomic mass is 9.69. The Bertz CT molecular complexity index is 618. The highest BCUT2D eigenvalue weighted by Crippen LogP contribution is 2.45. The van der Waals surface area contributed by atoms with Crippen LogP contribution in [-0.4, -0.2) is 59.6 Å². The molecule has 29 heavy (non-hydrogen) atoms. The largest absolute Gasteiger partial charge is 0.466 e. The molecule has 5 atom stereocenters. The summed E-state index contributed by atoms with van der Waals surface area (Å²) < 4.78 is 5.33. The molecule has 0 aromatic heterocycles. The molecule has 2 amide bonds. The second-order valence-corrected chi connectivity index (χ2v) is 8.29. The zero-order valence-electron chi connectivity index (χ0n) is 18.1. The average molecular weight is 409 g/mol. The van der Waals surface area contributed by atoms with Gasteiger partial charge in [0.2, 0.25) is 11.8 Å². The molecule has 1 heterocycles. The Labute approximate surface area is 173 Å². The summed E-state index contributed by atoms with van der Waals surface area (Å²) in [6.07, 6.45) is 6.84. The maximum absolute atomic E-state index is 13.4. The Kier molecular flexibility index (Phi) is 8.68. The normalized spacial score (nSPS) is 28.6. The molecular formula is C22H36N2O5. The molecule has 0 spiro atoms. The summed E-state index contributed by atoms with van der Waals surface area (Å²) in [5.41, 5.74) is 0. The van der Waals surface area contributed by atoms with E-state index in [1.807, 2.05) is 26.0 Å². The summed E-state index contributed by atoms with van der Waals surface area (Å²) in [5, 5.41) is 12.1. The van der Waals surface area contributed by atoms with Crippen LogP contribution in [0.1, 0.15) is 53.4 Å². The first-order valence-electron chi connectivity index (χ1n) is 10.9. The standard InChI is InChI=1S/C22H36N2O5/c1-5-9-15-10-11-16-18(17(15)22(28)29-6-2)21(27)24(12-7-8-13-25)19(16)20(26)23-14(3)4/h10-11,14-19,25H,5-9,12-13H2,1-4H3,(H,23,26)/t15-,16+,17-,18+,19+/m1/s1. The van der Waals surface area contributed by atoms with Crippen molar-refractivity contribution in [3.63, 3.8) is 0 Å². The predicted octanol–water partition coefficient (Wildman–Crippen LogP) is 1.89. The molecule has 1 fully saturated rings. The van der Waals surface area contributed by atoms with Gasteiger partial charge in [-0.2, -0.15) is 0 Å². The third-order valence-electron chi connectivity index (χ3n) is 5.80. The van der Waals surface area contributed by atoms with Crippen LogP contribution in [0.3, 0.4) is 0 Å². The van der Waals surface area contributed by atoms with Crippen molar-refractivity contribution in [2.24, 2.45) is 23.7 Å². The lowest BCUT2D eigenvalue weighted by Crippen LogP contribution is -2.49. The molecule has 0 unspecified atom stereocenters. The number of aliphatic hydroxyl groups is 1. The molecule has 1 saturated heterocycles. The van der Waals surface area contributed by atoms with Crippen molar-refractivity contribution in [3.05, 3.63) is 12.2 Å². The highest BCUT2D eigenvalue weighted by molar-refractivity contribution is 5.96. The fraction of sp³-hybridized carbons (Fsp3) is 0.773. The lowest BCUT2D eigenvalue weighted by Gasteiger charge is -2.34. The molecule has 1 aliphatic heterocycles. The number of carbonyl (C=O) groups is 3. The number of likely N-dealkylation sites (tertiary alicyclic amines) is 1. The smallest absolute Gasteiger partial charge is 0.310 e. The maximum atomic E-state index is 13.4. The molecule has 0 aromatic rings. The minimum absolute atomic E-state index is 0.0433. The van der Waals surface area contributed by atoms with E-state index in [0.717, 1.165) is 12.8 Å². The molecule has 0 aromatic carbocycles. The fourth-order valence-electron chi connectivity index (χ4n) is 4.67. The second-order valence-electron chi connectivity index (χ2n) is 8.29. The van der Waals surface area contributed by atoms with E-state index < -0.39 is 17.9 Å². The number of hydrogen-bond acceptors (Lipinski definition) is 5. The quantitative estimate of drug-likeness (QED) is 0.327. The molecule has 1 aliphatic carbocycles. The number of allylic oxidation sites excluding steroid dienone is 1. The number of nitrogens with zero attached hydrogens (tertiary/aromatic N) is 1. The van der Waals surface area contributed by atoms with Crippen LogP contribution < -0.4 is 5.32 Å². The molecule has 0 saturated carbocycles. The van der Waals surface area contributed by atoms with E-state index in [4.69, 9.17) is 9.84 Å². The minimum Gasteiger partial charge on any atom is -0.466 e. The zero-order chi connectivity index (χ0) is 21.6. The van der Waals surface area contributed by atoms with Crippen molar-refractivity contribution in [3.8, 4) is 0 Å². The number of nitrogens with one attached hydrogen (secondary N) is 1. The Morgan fingerprint density at radius 3 is 2.55 bits per heavy atom.